The Balaban J connectivity index is 2.16. The molecule has 30 heavy (non-hydrogen) atoms. The third-order valence-electron chi connectivity index (χ3n) is 4.87. The molecule has 0 aliphatic carbocycles. The number of hydrogen-bond donors (Lipinski definition) is 0. The van der Waals surface area contributed by atoms with Gasteiger partial charge in [0.05, 0.1) is 26.2 Å². The largest absolute Gasteiger partial charge is 0.493 e. The summed E-state index contributed by atoms with van der Waals surface area (Å²) in [7, 11) is 4.89. The van der Waals surface area contributed by atoms with Crippen LogP contribution in [0, 0.1) is 5.82 Å². The SMILES string of the molecule is COCCSc1nnc(C(C)(C)c2cccc(OC)c2OC)n1-c1ccc(F)cc1. The van der Waals surface area contributed by atoms with Crippen molar-refractivity contribution in [3.8, 4) is 17.2 Å². The van der Waals surface area contributed by atoms with E-state index in [1.807, 2.05) is 22.8 Å². The Morgan fingerprint density at radius 2 is 1.73 bits per heavy atom. The Bertz CT molecular complexity index is 990. The van der Waals surface area contributed by atoms with Gasteiger partial charge in [0.2, 0.25) is 0 Å². The van der Waals surface area contributed by atoms with E-state index in [1.165, 1.54) is 23.9 Å². The summed E-state index contributed by atoms with van der Waals surface area (Å²) in [6.07, 6.45) is 0. The monoisotopic (exact) mass is 431 g/mol. The standard InChI is InChI=1S/C22H26FN3O3S/c1-22(2,17-7-6-8-18(28-4)19(17)29-5)20-24-25-21(30-14-13-27-3)26(20)16-11-9-15(23)10-12-16/h6-12H,13-14H2,1-5H3. The van der Waals surface area contributed by atoms with Crippen LogP contribution in [-0.4, -0.2) is 48.5 Å². The van der Waals surface area contributed by atoms with Crippen molar-refractivity contribution in [2.45, 2.75) is 24.4 Å². The highest BCUT2D eigenvalue weighted by Gasteiger charge is 2.34. The lowest BCUT2D eigenvalue weighted by atomic mass is 9.82. The zero-order valence-corrected chi connectivity index (χ0v) is 18.6. The molecule has 3 rings (SSSR count). The highest BCUT2D eigenvalue weighted by Crippen LogP contribution is 2.42. The summed E-state index contributed by atoms with van der Waals surface area (Å²) in [4.78, 5) is 0. The number of halogens is 1. The highest BCUT2D eigenvalue weighted by atomic mass is 32.2. The van der Waals surface area contributed by atoms with Gasteiger partial charge >= 0.3 is 0 Å². The van der Waals surface area contributed by atoms with E-state index in [1.54, 1.807) is 33.5 Å². The van der Waals surface area contributed by atoms with Crippen LogP contribution in [0.2, 0.25) is 0 Å². The molecular formula is C22H26FN3O3S. The van der Waals surface area contributed by atoms with Gasteiger partial charge in [-0.05, 0) is 44.2 Å². The van der Waals surface area contributed by atoms with Crippen LogP contribution in [0.4, 0.5) is 4.39 Å². The molecule has 0 atom stereocenters. The number of methoxy groups -OCH3 is 3. The summed E-state index contributed by atoms with van der Waals surface area (Å²) in [5.74, 6) is 2.42. The quantitative estimate of drug-likeness (QED) is 0.368. The molecule has 2 aromatic carbocycles. The second-order valence-corrected chi connectivity index (χ2v) is 8.19. The lowest BCUT2D eigenvalue weighted by Gasteiger charge is -2.28. The molecule has 160 valence electrons. The summed E-state index contributed by atoms with van der Waals surface area (Å²) in [6.45, 7) is 4.69. The lowest BCUT2D eigenvalue weighted by Crippen LogP contribution is -2.25. The van der Waals surface area contributed by atoms with Crippen LogP contribution in [0.5, 0.6) is 11.5 Å². The number of nitrogens with zero attached hydrogens (tertiary/aromatic N) is 3. The molecule has 6 nitrogen and oxygen atoms in total. The average Bonchev–Trinajstić information content (AvgIpc) is 3.18. The van der Waals surface area contributed by atoms with Crippen LogP contribution in [0.15, 0.2) is 47.6 Å². The second kappa shape index (κ2) is 9.49. The highest BCUT2D eigenvalue weighted by molar-refractivity contribution is 7.99. The van der Waals surface area contributed by atoms with E-state index in [0.717, 1.165) is 17.0 Å². The Morgan fingerprint density at radius 1 is 1.00 bits per heavy atom. The number of aromatic nitrogens is 3. The minimum Gasteiger partial charge on any atom is -0.493 e. The fraction of sp³-hybridized carbons (Fsp3) is 0.364. The van der Waals surface area contributed by atoms with Gasteiger partial charge in [-0.25, -0.2) is 4.39 Å². The molecule has 1 heterocycles. The van der Waals surface area contributed by atoms with Gasteiger partial charge < -0.3 is 14.2 Å². The fourth-order valence-corrected chi connectivity index (χ4v) is 4.16. The number of ether oxygens (including phenoxy) is 3. The zero-order valence-electron chi connectivity index (χ0n) is 17.8. The predicted octanol–water partition coefficient (Wildman–Crippen LogP) is 4.49. The van der Waals surface area contributed by atoms with E-state index in [0.29, 0.717) is 29.1 Å². The predicted molar refractivity (Wildman–Crippen MR) is 116 cm³/mol. The average molecular weight is 432 g/mol. The van der Waals surface area contributed by atoms with Gasteiger partial charge in [0.15, 0.2) is 16.7 Å². The molecule has 0 bridgehead atoms. The van der Waals surface area contributed by atoms with Crippen molar-refractivity contribution >= 4 is 11.8 Å². The Hall–Kier alpha value is -2.58. The Kier molecular flexibility index (Phi) is 6.99. The van der Waals surface area contributed by atoms with Crippen molar-refractivity contribution in [1.29, 1.82) is 0 Å². The molecule has 0 N–H and O–H groups in total. The molecule has 0 aliphatic rings. The van der Waals surface area contributed by atoms with Gasteiger partial charge in [-0.1, -0.05) is 23.9 Å². The van der Waals surface area contributed by atoms with E-state index in [4.69, 9.17) is 14.2 Å². The molecule has 0 spiro atoms. The first-order valence-electron chi connectivity index (χ1n) is 9.49. The number of hydrogen-bond acceptors (Lipinski definition) is 6. The molecule has 0 saturated carbocycles. The Morgan fingerprint density at radius 3 is 2.37 bits per heavy atom. The summed E-state index contributed by atoms with van der Waals surface area (Å²) in [5, 5.41) is 9.68. The van der Waals surface area contributed by atoms with Crippen molar-refractivity contribution in [1.82, 2.24) is 14.8 Å². The van der Waals surface area contributed by atoms with Gasteiger partial charge in [0, 0.05) is 24.1 Å². The second-order valence-electron chi connectivity index (χ2n) is 7.13. The van der Waals surface area contributed by atoms with Crippen LogP contribution in [0.1, 0.15) is 25.2 Å². The summed E-state index contributed by atoms with van der Waals surface area (Å²) < 4.78 is 31.8. The van der Waals surface area contributed by atoms with E-state index in [9.17, 15) is 4.39 Å². The van der Waals surface area contributed by atoms with E-state index in [2.05, 4.69) is 24.0 Å². The fourth-order valence-electron chi connectivity index (χ4n) is 3.31. The third-order valence-corrected chi connectivity index (χ3v) is 5.77. The van der Waals surface area contributed by atoms with Gasteiger partial charge in [0.1, 0.15) is 11.6 Å². The van der Waals surface area contributed by atoms with Crippen LogP contribution in [0.3, 0.4) is 0 Å². The van der Waals surface area contributed by atoms with Crippen molar-refractivity contribution in [3.05, 3.63) is 59.7 Å². The summed E-state index contributed by atoms with van der Waals surface area (Å²) in [6, 6.07) is 12.1. The first kappa shape index (κ1) is 22.1. The zero-order chi connectivity index (χ0) is 21.7. The van der Waals surface area contributed by atoms with Crippen molar-refractivity contribution in [2.75, 3.05) is 33.7 Å². The first-order chi connectivity index (χ1) is 14.4. The molecular weight excluding hydrogens is 405 g/mol. The van der Waals surface area contributed by atoms with Crippen molar-refractivity contribution in [3.63, 3.8) is 0 Å². The first-order valence-corrected chi connectivity index (χ1v) is 10.5. The molecule has 0 fully saturated rings. The van der Waals surface area contributed by atoms with Gasteiger partial charge in [-0.3, -0.25) is 4.57 Å². The summed E-state index contributed by atoms with van der Waals surface area (Å²) >= 11 is 1.54. The van der Waals surface area contributed by atoms with Gasteiger partial charge in [-0.15, -0.1) is 10.2 Å². The van der Waals surface area contributed by atoms with Crippen LogP contribution in [0.25, 0.3) is 5.69 Å². The molecule has 0 radical (unpaired) electrons. The maximum Gasteiger partial charge on any atom is 0.195 e. The number of para-hydroxylation sites is 1. The maximum absolute atomic E-state index is 13.6. The molecule has 1 aromatic heterocycles. The van der Waals surface area contributed by atoms with Crippen LogP contribution in [-0.2, 0) is 10.2 Å². The Labute approximate surface area is 180 Å². The number of thioether (sulfide) groups is 1. The normalized spacial score (nSPS) is 11.5. The molecule has 0 saturated heterocycles. The number of benzene rings is 2. The number of rotatable bonds is 9. The topological polar surface area (TPSA) is 58.4 Å². The summed E-state index contributed by atoms with van der Waals surface area (Å²) in [5.41, 5.74) is 1.11. The molecule has 0 aliphatic heterocycles. The maximum atomic E-state index is 13.6. The third kappa shape index (κ3) is 4.29. The molecule has 0 amide bonds. The van der Waals surface area contributed by atoms with E-state index >= 15 is 0 Å². The molecule has 3 aromatic rings. The van der Waals surface area contributed by atoms with Crippen LogP contribution >= 0.6 is 11.8 Å². The van der Waals surface area contributed by atoms with Gasteiger partial charge in [-0.2, -0.15) is 0 Å². The minimum atomic E-state index is -0.582. The molecule has 0 unspecified atom stereocenters. The minimum absolute atomic E-state index is 0.296. The van der Waals surface area contributed by atoms with Crippen molar-refractivity contribution < 1.29 is 18.6 Å². The molecule has 8 heteroatoms. The van der Waals surface area contributed by atoms with Gasteiger partial charge in [0.25, 0.3) is 0 Å². The van der Waals surface area contributed by atoms with Crippen LogP contribution < -0.4 is 9.47 Å². The van der Waals surface area contributed by atoms with E-state index < -0.39 is 5.41 Å². The van der Waals surface area contributed by atoms with Crippen molar-refractivity contribution in [2.24, 2.45) is 0 Å². The van der Waals surface area contributed by atoms with E-state index in [-0.39, 0.29) is 5.82 Å². The lowest BCUT2D eigenvalue weighted by molar-refractivity contribution is 0.218. The smallest absolute Gasteiger partial charge is 0.195 e.